The maximum absolute atomic E-state index is 6.01. The lowest BCUT2D eigenvalue weighted by Crippen LogP contribution is -2.28. The lowest BCUT2D eigenvalue weighted by atomic mass is 9.97. The lowest BCUT2D eigenvalue weighted by Gasteiger charge is -2.24. The summed E-state index contributed by atoms with van der Waals surface area (Å²) in [5, 5.41) is 3.68. The van der Waals surface area contributed by atoms with Crippen molar-refractivity contribution in [1.82, 2.24) is 5.32 Å². The first-order valence-electron chi connectivity index (χ1n) is 8.65. The first-order valence-corrected chi connectivity index (χ1v) is 8.65. The smallest absolute Gasteiger partial charge is 0.0594 e. The molecule has 1 fully saturated rings. The van der Waals surface area contributed by atoms with Crippen LogP contribution in [0.2, 0.25) is 0 Å². The second kappa shape index (κ2) is 9.22. The van der Waals surface area contributed by atoms with Gasteiger partial charge < -0.3 is 10.1 Å². The monoisotopic (exact) mass is 289 g/mol. The third-order valence-electron chi connectivity index (χ3n) is 4.31. The molecule has 21 heavy (non-hydrogen) atoms. The number of nitrogens with one attached hydrogen (secondary N) is 1. The summed E-state index contributed by atoms with van der Waals surface area (Å²) < 4.78 is 6.01. The molecule has 1 saturated carbocycles. The van der Waals surface area contributed by atoms with Gasteiger partial charge in [-0.15, -0.1) is 0 Å². The topological polar surface area (TPSA) is 21.3 Å². The molecule has 1 N–H and O–H groups in total. The third-order valence-corrected chi connectivity index (χ3v) is 4.31. The molecule has 0 radical (unpaired) electrons. The van der Waals surface area contributed by atoms with Crippen LogP contribution in [0.5, 0.6) is 0 Å². The molecule has 1 atom stereocenters. The predicted octanol–water partition coefficient (Wildman–Crippen LogP) is 4.71. The summed E-state index contributed by atoms with van der Waals surface area (Å²) in [7, 11) is 0. The molecule has 2 heteroatoms. The van der Waals surface area contributed by atoms with Crippen LogP contribution < -0.4 is 5.32 Å². The van der Waals surface area contributed by atoms with E-state index >= 15 is 0 Å². The van der Waals surface area contributed by atoms with Crippen molar-refractivity contribution in [1.29, 1.82) is 0 Å². The van der Waals surface area contributed by atoms with E-state index in [1.54, 1.807) is 0 Å². The van der Waals surface area contributed by atoms with Gasteiger partial charge in [-0.2, -0.15) is 0 Å². The van der Waals surface area contributed by atoms with Crippen LogP contribution in [-0.4, -0.2) is 19.3 Å². The molecular formula is C19H31NO. The Morgan fingerprint density at radius 1 is 1.10 bits per heavy atom. The van der Waals surface area contributed by atoms with Crippen molar-refractivity contribution in [3.05, 3.63) is 35.9 Å². The number of hydrogen-bond acceptors (Lipinski definition) is 2. The van der Waals surface area contributed by atoms with Crippen LogP contribution in [0.4, 0.5) is 0 Å². The van der Waals surface area contributed by atoms with Gasteiger partial charge in [0, 0.05) is 12.6 Å². The quantitative estimate of drug-likeness (QED) is 0.700. The van der Waals surface area contributed by atoms with Gasteiger partial charge in [0.05, 0.1) is 12.7 Å². The normalized spacial score (nSPS) is 18.0. The van der Waals surface area contributed by atoms with E-state index in [0.29, 0.717) is 18.1 Å². The fraction of sp³-hybridized carbons (Fsp3) is 0.684. The Bertz CT molecular complexity index is 370. The van der Waals surface area contributed by atoms with Gasteiger partial charge in [0.15, 0.2) is 0 Å². The van der Waals surface area contributed by atoms with Gasteiger partial charge in [0.1, 0.15) is 0 Å². The molecule has 1 aliphatic carbocycles. The summed E-state index contributed by atoms with van der Waals surface area (Å²) in [6.07, 6.45) is 8.29. The number of ether oxygens (including phenoxy) is 1. The lowest BCUT2D eigenvalue weighted by molar-refractivity contribution is 0.0291. The summed E-state index contributed by atoms with van der Waals surface area (Å²) >= 11 is 0. The van der Waals surface area contributed by atoms with Gasteiger partial charge in [-0.25, -0.2) is 0 Å². The summed E-state index contributed by atoms with van der Waals surface area (Å²) in [4.78, 5) is 0. The second-order valence-corrected chi connectivity index (χ2v) is 6.68. The molecular weight excluding hydrogens is 258 g/mol. The van der Waals surface area contributed by atoms with Crippen molar-refractivity contribution < 1.29 is 4.74 Å². The summed E-state index contributed by atoms with van der Waals surface area (Å²) in [6.45, 7) is 6.36. The Labute approximate surface area is 130 Å². The van der Waals surface area contributed by atoms with Crippen LogP contribution in [0.3, 0.4) is 0 Å². The highest BCUT2D eigenvalue weighted by Gasteiger charge is 2.15. The van der Waals surface area contributed by atoms with Crippen molar-refractivity contribution in [3.8, 4) is 0 Å². The highest BCUT2D eigenvalue weighted by Crippen LogP contribution is 2.22. The molecule has 1 unspecified atom stereocenters. The van der Waals surface area contributed by atoms with E-state index in [0.717, 1.165) is 13.2 Å². The predicted molar refractivity (Wildman–Crippen MR) is 89.5 cm³/mol. The van der Waals surface area contributed by atoms with Crippen molar-refractivity contribution in [3.63, 3.8) is 0 Å². The molecule has 0 aliphatic heterocycles. The van der Waals surface area contributed by atoms with E-state index in [1.165, 1.54) is 44.1 Å². The van der Waals surface area contributed by atoms with Crippen molar-refractivity contribution >= 4 is 0 Å². The SMILES string of the molecule is CC(C)CC(NCCOC1CCCCC1)c1ccccc1. The molecule has 1 aliphatic rings. The molecule has 0 heterocycles. The Hall–Kier alpha value is -0.860. The maximum Gasteiger partial charge on any atom is 0.0594 e. The number of hydrogen-bond donors (Lipinski definition) is 1. The summed E-state index contributed by atoms with van der Waals surface area (Å²) in [5.74, 6) is 0.696. The molecule has 0 spiro atoms. The van der Waals surface area contributed by atoms with Crippen molar-refractivity contribution in [2.24, 2.45) is 5.92 Å². The molecule has 0 aromatic heterocycles. The molecule has 118 valence electrons. The van der Waals surface area contributed by atoms with Crippen LogP contribution in [0.1, 0.15) is 64.0 Å². The Morgan fingerprint density at radius 2 is 1.81 bits per heavy atom. The van der Waals surface area contributed by atoms with Crippen LogP contribution in [-0.2, 0) is 4.74 Å². The van der Waals surface area contributed by atoms with Crippen molar-refractivity contribution in [2.45, 2.75) is 64.5 Å². The van der Waals surface area contributed by atoms with E-state index in [1.807, 2.05) is 0 Å². The zero-order chi connectivity index (χ0) is 14.9. The Kier molecular flexibility index (Phi) is 7.25. The van der Waals surface area contributed by atoms with E-state index in [9.17, 15) is 0 Å². The van der Waals surface area contributed by atoms with Gasteiger partial charge >= 0.3 is 0 Å². The van der Waals surface area contributed by atoms with Crippen LogP contribution in [0.25, 0.3) is 0 Å². The Morgan fingerprint density at radius 3 is 2.48 bits per heavy atom. The Balaban J connectivity index is 1.74. The minimum Gasteiger partial charge on any atom is -0.377 e. The average Bonchev–Trinajstić information content (AvgIpc) is 2.52. The fourth-order valence-electron chi connectivity index (χ4n) is 3.18. The zero-order valence-corrected chi connectivity index (χ0v) is 13.7. The molecule has 1 aromatic carbocycles. The van der Waals surface area contributed by atoms with Crippen LogP contribution >= 0.6 is 0 Å². The number of rotatable bonds is 8. The van der Waals surface area contributed by atoms with E-state index < -0.39 is 0 Å². The van der Waals surface area contributed by atoms with Crippen molar-refractivity contribution in [2.75, 3.05) is 13.2 Å². The zero-order valence-electron chi connectivity index (χ0n) is 13.7. The molecule has 1 aromatic rings. The number of benzene rings is 1. The molecule has 0 saturated heterocycles. The molecule has 0 amide bonds. The molecule has 0 bridgehead atoms. The van der Waals surface area contributed by atoms with Crippen LogP contribution in [0, 0.1) is 5.92 Å². The van der Waals surface area contributed by atoms with E-state index in [-0.39, 0.29) is 0 Å². The molecule has 2 rings (SSSR count). The minimum absolute atomic E-state index is 0.446. The van der Waals surface area contributed by atoms with Crippen LogP contribution in [0.15, 0.2) is 30.3 Å². The van der Waals surface area contributed by atoms with Gasteiger partial charge in [0.25, 0.3) is 0 Å². The van der Waals surface area contributed by atoms with Gasteiger partial charge in [-0.1, -0.05) is 63.4 Å². The highest BCUT2D eigenvalue weighted by molar-refractivity contribution is 5.18. The van der Waals surface area contributed by atoms with Gasteiger partial charge in [-0.3, -0.25) is 0 Å². The first-order chi connectivity index (χ1) is 10.3. The third kappa shape index (κ3) is 6.19. The summed E-state index contributed by atoms with van der Waals surface area (Å²) in [6, 6.07) is 11.2. The van der Waals surface area contributed by atoms with E-state index in [4.69, 9.17) is 4.74 Å². The summed E-state index contributed by atoms with van der Waals surface area (Å²) in [5.41, 5.74) is 1.39. The first kappa shape index (κ1) is 16.5. The highest BCUT2D eigenvalue weighted by atomic mass is 16.5. The second-order valence-electron chi connectivity index (χ2n) is 6.68. The van der Waals surface area contributed by atoms with Gasteiger partial charge in [0.2, 0.25) is 0 Å². The molecule has 2 nitrogen and oxygen atoms in total. The minimum atomic E-state index is 0.446. The van der Waals surface area contributed by atoms with Gasteiger partial charge in [-0.05, 0) is 30.7 Å². The standard InChI is InChI=1S/C19H31NO/c1-16(2)15-19(17-9-5-3-6-10-17)20-13-14-21-18-11-7-4-8-12-18/h3,5-6,9-10,16,18-20H,4,7-8,11-15H2,1-2H3. The van der Waals surface area contributed by atoms with E-state index in [2.05, 4.69) is 49.5 Å². The largest absolute Gasteiger partial charge is 0.377 e. The maximum atomic E-state index is 6.01. The fourth-order valence-corrected chi connectivity index (χ4v) is 3.18. The average molecular weight is 289 g/mol.